The number of para-hydroxylation sites is 1. The summed E-state index contributed by atoms with van der Waals surface area (Å²) in [5.41, 5.74) is 6.05. The van der Waals surface area contributed by atoms with Gasteiger partial charge in [0.1, 0.15) is 0 Å². The summed E-state index contributed by atoms with van der Waals surface area (Å²) >= 11 is 0. The van der Waals surface area contributed by atoms with Crippen molar-refractivity contribution < 1.29 is 4.74 Å². The molecule has 0 bridgehead atoms. The number of hydrogen-bond acceptors (Lipinski definition) is 2. The van der Waals surface area contributed by atoms with E-state index in [0.29, 0.717) is 6.61 Å². The zero-order chi connectivity index (χ0) is 22.1. The summed E-state index contributed by atoms with van der Waals surface area (Å²) in [5, 5.41) is 0. The first kappa shape index (κ1) is 23.3. The molecule has 166 valence electrons. The molecule has 0 aliphatic heterocycles. The molecule has 2 nitrogen and oxygen atoms in total. The summed E-state index contributed by atoms with van der Waals surface area (Å²) < 4.78 is 5.79. The van der Waals surface area contributed by atoms with E-state index < -0.39 is 0 Å². The fourth-order valence-corrected chi connectivity index (χ4v) is 4.54. The first-order chi connectivity index (χ1) is 15.1. The van der Waals surface area contributed by atoms with Gasteiger partial charge in [0.2, 0.25) is 0 Å². The van der Waals surface area contributed by atoms with Gasteiger partial charge in [0.05, 0.1) is 6.61 Å². The topological polar surface area (TPSA) is 12.5 Å². The minimum absolute atomic E-state index is 0.703. The molecule has 2 heteroatoms. The average molecular weight is 418 g/mol. The third-order valence-corrected chi connectivity index (χ3v) is 6.44. The van der Waals surface area contributed by atoms with Crippen molar-refractivity contribution in [2.75, 3.05) is 18.1 Å². The number of anilines is 2. The van der Waals surface area contributed by atoms with Gasteiger partial charge < -0.3 is 9.64 Å². The second-order valence-electron chi connectivity index (χ2n) is 9.15. The molecular formula is C29H39NO. The Morgan fingerprint density at radius 1 is 0.903 bits per heavy atom. The molecule has 0 saturated heterocycles. The maximum Gasteiger partial charge on any atom is 0.0671 e. The first-order valence-corrected chi connectivity index (χ1v) is 11.9. The first-order valence-electron chi connectivity index (χ1n) is 11.9. The highest BCUT2D eigenvalue weighted by Gasteiger charge is 2.22. The maximum atomic E-state index is 5.79. The van der Waals surface area contributed by atoms with Crippen molar-refractivity contribution in [1.82, 2.24) is 0 Å². The summed E-state index contributed by atoms with van der Waals surface area (Å²) in [5.74, 6) is 1.52. The number of ether oxygens (including phenoxy) is 1. The van der Waals surface area contributed by atoms with E-state index in [2.05, 4.69) is 79.6 Å². The van der Waals surface area contributed by atoms with Crippen molar-refractivity contribution in [3.05, 3.63) is 84.6 Å². The second kappa shape index (κ2) is 11.9. The molecule has 1 fully saturated rings. The fraction of sp³-hybridized carbons (Fsp3) is 0.448. The van der Waals surface area contributed by atoms with Crippen LogP contribution < -0.4 is 4.90 Å². The van der Waals surface area contributed by atoms with Gasteiger partial charge in [0, 0.05) is 23.7 Å². The van der Waals surface area contributed by atoms with Crippen LogP contribution in [0.4, 0.5) is 11.4 Å². The van der Waals surface area contributed by atoms with Gasteiger partial charge in [-0.05, 0) is 80.7 Å². The molecule has 0 spiro atoms. The van der Waals surface area contributed by atoms with E-state index in [1.165, 1.54) is 54.7 Å². The van der Waals surface area contributed by atoms with E-state index >= 15 is 0 Å². The van der Waals surface area contributed by atoms with Gasteiger partial charge >= 0.3 is 0 Å². The average Bonchev–Trinajstić information content (AvgIpc) is 2.80. The Hall–Kier alpha value is -2.32. The molecule has 2 aromatic rings. The van der Waals surface area contributed by atoms with Crippen molar-refractivity contribution in [3.8, 4) is 0 Å². The number of rotatable bonds is 11. The van der Waals surface area contributed by atoms with Crippen LogP contribution in [0.1, 0.15) is 57.9 Å². The Labute approximate surface area is 189 Å². The molecule has 0 unspecified atom stereocenters. The molecule has 0 heterocycles. The lowest BCUT2D eigenvalue weighted by Crippen LogP contribution is -2.20. The molecule has 1 aliphatic carbocycles. The van der Waals surface area contributed by atoms with Gasteiger partial charge in [-0.15, -0.1) is 0 Å². The van der Waals surface area contributed by atoms with Crippen LogP contribution >= 0.6 is 0 Å². The third kappa shape index (κ3) is 7.11. The van der Waals surface area contributed by atoms with Crippen molar-refractivity contribution in [2.45, 2.75) is 58.8 Å². The Balaban J connectivity index is 1.56. The molecule has 3 rings (SSSR count). The van der Waals surface area contributed by atoms with Crippen molar-refractivity contribution in [1.29, 1.82) is 0 Å². The van der Waals surface area contributed by atoms with Gasteiger partial charge in [0.15, 0.2) is 0 Å². The fourth-order valence-electron chi connectivity index (χ4n) is 4.54. The van der Waals surface area contributed by atoms with E-state index in [1.54, 1.807) is 0 Å². The highest BCUT2D eigenvalue weighted by molar-refractivity contribution is 5.68. The quantitative estimate of drug-likeness (QED) is 0.343. The number of benzene rings is 2. The normalized spacial score (nSPS) is 18.5. The van der Waals surface area contributed by atoms with Gasteiger partial charge in [-0.25, -0.2) is 0 Å². The number of hydrogen-bond donors (Lipinski definition) is 0. The number of aryl methyl sites for hydroxylation is 1. The van der Waals surface area contributed by atoms with Gasteiger partial charge in [0.25, 0.3) is 0 Å². The molecule has 0 N–H and O–H groups in total. The standard InChI is InChI=1S/C29H39NO/c1-5-25-17-19-29(20-18-25)30(28-9-7-6-8-10-28)24(4)11-12-26-13-15-27(16-14-26)22-31-21-23(2)3/h6-10,17-20,26-27H,2,4-5,11-16,21-22H2,1,3H3. The number of allylic oxidation sites excluding steroid dienone is 1. The van der Waals surface area contributed by atoms with E-state index in [1.807, 2.05) is 6.92 Å². The lowest BCUT2D eigenvalue weighted by Gasteiger charge is -2.31. The van der Waals surface area contributed by atoms with Crippen LogP contribution in [0.25, 0.3) is 0 Å². The highest BCUT2D eigenvalue weighted by Crippen LogP contribution is 2.35. The van der Waals surface area contributed by atoms with Crippen LogP contribution in [-0.4, -0.2) is 13.2 Å². The van der Waals surface area contributed by atoms with Crippen LogP contribution in [0.5, 0.6) is 0 Å². The Morgan fingerprint density at radius 2 is 1.52 bits per heavy atom. The van der Waals surface area contributed by atoms with E-state index in [4.69, 9.17) is 4.74 Å². The molecule has 0 aromatic heterocycles. The number of nitrogens with zero attached hydrogens (tertiary/aromatic N) is 1. The van der Waals surface area contributed by atoms with Gasteiger partial charge in [-0.3, -0.25) is 0 Å². The zero-order valence-electron chi connectivity index (χ0n) is 19.5. The monoisotopic (exact) mass is 417 g/mol. The zero-order valence-corrected chi connectivity index (χ0v) is 19.5. The predicted molar refractivity (Wildman–Crippen MR) is 134 cm³/mol. The summed E-state index contributed by atoms with van der Waals surface area (Å²) in [7, 11) is 0. The van der Waals surface area contributed by atoms with Crippen molar-refractivity contribution in [2.24, 2.45) is 11.8 Å². The minimum Gasteiger partial charge on any atom is -0.377 e. The Morgan fingerprint density at radius 3 is 2.13 bits per heavy atom. The van der Waals surface area contributed by atoms with Crippen LogP contribution in [0, 0.1) is 11.8 Å². The van der Waals surface area contributed by atoms with E-state index in [9.17, 15) is 0 Å². The van der Waals surface area contributed by atoms with Crippen molar-refractivity contribution >= 4 is 11.4 Å². The van der Waals surface area contributed by atoms with Gasteiger partial charge in [-0.2, -0.15) is 0 Å². The van der Waals surface area contributed by atoms with E-state index in [0.717, 1.165) is 36.9 Å². The molecule has 2 aromatic carbocycles. The van der Waals surface area contributed by atoms with Crippen LogP contribution in [0.15, 0.2) is 79.0 Å². The molecule has 1 saturated carbocycles. The molecule has 0 radical (unpaired) electrons. The Kier molecular flexibility index (Phi) is 8.97. The predicted octanol–water partition coefficient (Wildman–Crippen LogP) is 8.08. The maximum absolute atomic E-state index is 5.79. The molecule has 1 aliphatic rings. The molecule has 0 atom stereocenters. The summed E-state index contributed by atoms with van der Waals surface area (Å²) in [6.07, 6.45) is 8.51. The molecule has 0 amide bonds. The van der Waals surface area contributed by atoms with Crippen LogP contribution in [-0.2, 0) is 11.2 Å². The molecular weight excluding hydrogens is 378 g/mol. The lowest BCUT2D eigenvalue weighted by molar-refractivity contribution is 0.0914. The Bertz CT molecular complexity index is 816. The minimum atomic E-state index is 0.703. The SMILES string of the molecule is C=C(C)COCC1CCC(CCC(=C)N(c2ccccc2)c2ccc(CC)cc2)CC1. The largest absolute Gasteiger partial charge is 0.377 e. The second-order valence-corrected chi connectivity index (χ2v) is 9.15. The summed E-state index contributed by atoms with van der Waals surface area (Å²) in [6.45, 7) is 14.2. The van der Waals surface area contributed by atoms with Crippen LogP contribution in [0.2, 0.25) is 0 Å². The third-order valence-electron chi connectivity index (χ3n) is 6.44. The highest BCUT2D eigenvalue weighted by atomic mass is 16.5. The summed E-state index contributed by atoms with van der Waals surface area (Å²) in [6, 6.07) is 19.6. The smallest absolute Gasteiger partial charge is 0.0671 e. The van der Waals surface area contributed by atoms with Gasteiger partial charge in [-0.1, -0.05) is 68.8 Å². The van der Waals surface area contributed by atoms with E-state index in [-0.39, 0.29) is 0 Å². The molecule has 31 heavy (non-hydrogen) atoms. The van der Waals surface area contributed by atoms with Crippen molar-refractivity contribution in [3.63, 3.8) is 0 Å². The lowest BCUT2D eigenvalue weighted by atomic mass is 9.80. The van der Waals surface area contributed by atoms with Crippen LogP contribution in [0.3, 0.4) is 0 Å². The summed E-state index contributed by atoms with van der Waals surface area (Å²) in [4.78, 5) is 2.33.